The predicted octanol–water partition coefficient (Wildman–Crippen LogP) is 8.82. The van der Waals surface area contributed by atoms with Crippen LogP contribution in [0.2, 0.25) is 0 Å². The molecule has 0 heterocycles. The maximum Gasteiger partial charge on any atom is 0.410 e. The number of carbonyl (C=O) groups excluding carboxylic acids is 6. The van der Waals surface area contributed by atoms with Gasteiger partial charge >= 0.3 is 24.4 Å². The van der Waals surface area contributed by atoms with E-state index in [2.05, 4.69) is 21.3 Å². The molecule has 0 aromatic heterocycles. The highest BCUT2D eigenvalue weighted by molar-refractivity contribution is 5.87. The van der Waals surface area contributed by atoms with Gasteiger partial charge in [0.1, 0.15) is 36.5 Å². The van der Waals surface area contributed by atoms with Gasteiger partial charge in [0.25, 0.3) is 0 Å². The Hall–Kier alpha value is -7.10. The van der Waals surface area contributed by atoms with Gasteiger partial charge in [0.05, 0.1) is 12.1 Å². The van der Waals surface area contributed by atoms with E-state index >= 15 is 0 Å². The molecule has 4 N–H and O–H groups in total. The molecule has 4 aromatic rings. The molecule has 0 saturated carbocycles. The van der Waals surface area contributed by atoms with Crippen molar-refractivity contribution in [1.82, 2.24) is 31.1 Å². The first kappa shape index (κ1) is 57.5. The van der Waals surface area contributed by atoms with E-state index < -0.39 is 71.6 Å². The van der Waals surface area contributed by atoms with Crippen molar-refractivity contribution in [3.05, 3.63) is 144 Å². The zero-order chi connectivity index (χ0) is 52.8. The van der Waals surface area contributed by atoms with Crippen molar-refractivity contribution in [3.63, 3.8) is 0 Å². The van der Waals surface area contributed by atoms with E-state index in [9.17, 15) is 28.8 Å². The van der Waals surface area contributed by atoms with Gasteiger partial charge in [-0.2, -0.15) is 0 Å². The minimum atomic E-state index is -0.994. The molecule has 0 bridgehead atoms. The van der Waals surface area contributed by atoms with Crippen LogP contribution in [0, 0.1) is 11.8 Å². The van der Waals surface area contributed by atoms with Crippen LogP contribution in [0.25, 0.3) is 0 Å². The van der Waals surface area contributed by atoms with Crippen LogP contribution in [-0.2, 0) is 54.6 Å². The quantitative estimate of drug-likeness (QED) is 0.0522. The summed E-state index contributed by atoms with van der Waals surface area (Å²) in [5.74, 6) is -1.67. The van der Waals surface area contributed by atoms with E-state index in [0.717, 1.165) is 22.3 Å². The van der Waals surface area contributed by atoms with Crippen molar-refractivity contribution in [2.24, 2.45) is 11.8 Å². The zero-order valence-corrected chi connectivity index (χ0v) is 43.6. The average molecular weight is 993 g/mol. The average Bonchev–Trinajstić information content (AvgIpc) is 3.31. The summed E-state index contributed by atoms with van der Waals surface area (Å²) in [5.41, 5.74) is 1.50. The molecular weight excluding hydrogens is 917 g/mol. The summed E-state index contributed by atoms with van der Waals surface area (Å²) in [6, 6.07) is 33.9. The van der Waals surface area contributed by atoms with Crippen molar-refractivity contribution in [2.75, 3.05) is 26.2 Å². The van der Waals surface area contributed by atoms with Crippen LogP contribution in [0.1, 0.15) is 91.5 Å². The summed E-state index contributed by atoms with van der Waals surface area (Å²) in [5, 5.41) is 11.6. The van der Waals surface area contributed by atoms with E-state index in [0.29, 0.717) is 12.8 Å². The molecule has 0 unspecified atom stereocenters. The van der Waals surface area contributed by atoms with E-state index in [4.69, 9.17) is 18.9 Å². The van der Waals surface area contributed by atoms with E-state index in [-0.39, 0.29) is 51.2 Å². The summed E-state index contributed by atoms with van der Waals surface area (Å²) in [4.78, 5) is 85.9. The van der Waals surface area contributed by atoms with Crippen LogP contribution in [-0.4, -0.2) is 108 Å². The third-order valence-corrected chi connectivity index (χ3v) is 11.0. The van der Waals surface area contributed by atoms with Gasteiger partial charge in [-0.1, -0.05) is 149 Å². The second-order valence-corrected chi connectivity index (χ2v) is 20.5. The van der Waals surface area contributed by atoms with E-state index in [1.165, 1.54) is 9.80 Å². The summed E-state index contributed by atoms with van der Waals surface area (Å²) in [6.07, 6.45) is -2.32. The Morgan fingerprint density at radius 3 is 1.01 bits per heavy atom. The van der Waals surface area contributed by atoms with Gasteiger partial charge < -0.3 is 50.0 Å². The number of carbonyl (C=O) groups is 6. The Bertz CT molecular complexity index is 2140. The lowest BCUT2D eigenvalue weighted by molar-refractivity contribution is -0.125. The molecule has 0 aliphatic rings. The summed E-state index contributed by atoms with van der Waals surface area (Å²) in [7, 11) is 0. The van der Waals surface area contributed by atoms with Gasteiger partial charge in [-0.15, -0.1) is 0 Å². The molecule has 0 fully saturated rings. The monoisotopic (exact) mass is 993 g/mol. The fourth-order valence-electron chi connectivity index (χ4n) is 7.50. The van der Waals surface area contributed by atoms with Crippen LogP contribution in [0.3, 0.4) is 0 Å². The Morgan fingerprint density at radius 2 is 0.736 bits per heavy atom. The first-order chi connectivity index (χ1) is 34.0. The maximum absolute atomic E-state index is 14.3. The number of nitrogens with zero attached hydrogens (tertiary/aromatic N) is 2. The first-order valence-electron chi connectivity index (χ1n) is 24.6. The minimum Gasteiger partial charge on any atom is -0.445 e. The summed E-state index contributed by atoms with van der Waals surface area (Å²) < 4.78 is 22.8. The van der Waals surface area contributed by atoms with Gasteiger partial charge in [0, 0.05) is 26.2 Å². The number of benzene rings is 4. The van der Waals surface area contributed by atoms with Crippen LogP contribution in [0.4, 0.5) is 19.2 Å². The molecule has 16 nitrogen and oxygen atoms in total. The molecule has 0 saturated heterocycles. The third-order valence-electron chi connectivity index (χ3n) is 11.0. The Labute approximate surface area is 425 Å². The molecule has 6 amide bonds. The van der Waals surface area contributed by atoms with Gasteiger partial charge in [0.2, 0.25) is 11.8 Å². The van der Waals surface area contributed by atoms with Crippen LogP contribution in [0.5, 0.6) is 0 Å². The molecule has 4 aromatic carbocycles. The molecule has 0 aliphatic heterocycles. The zero-order valence-electron chi connectivity index (χ0n) is 43.6. The lowest BCUT2D eigenvalue weighted by Gasteiger charge is -2.35. The van der Waals surface area contributed by atoms with Crippen molar-refractivity contribution in [1.29, 1.82) is 0 Å². The Balaban J connectivity index is 1.63. The normalized spacial score (nSPS) is 13.1. The lowest BCUT2D eigenvalue weighted by Crippen LogP contribution is -2.57. The Morgan fingerprint density at radius 1 is 0.444 bits per heavy atom. The number of hydrogen-bond donors (Lipinski definition) is 4. The molecule has 72 heavy (non-hydrogen) atoms. The molecule has 4 rings (SSSR count). The number of hydrogen-bond acceptors (Lipinski definition) is 10. The molecular formula is C56H76N6O10. The smallest absolute Gasteiger partial charge is 0.410 e. The number of ether oxygens (including phenoxy) is 4. The number of amides is 6. The molecule has 16 heteroatoms. The van der Waals surface area contributed by atoms with Gasteiger partial charge in [-0.25, -0.2) is 19.2 Å². The largest absolute Gasteiger partial charge is 0.445 e. The second kappa shape index (κ2) is 28.1. The van der Waals surface area contributed by atoms with Crippen molar-refractivity contribution >= 4 is 36.2 Å². The standard InChI is InChI=1S/C56H76N6O10/c1-39(2)47(59-51(65)69-37-43-27-19-13-20-28-43)49(63)57-45(33-41-23-15-11-16-24-41)35-61(53(67)71-55(5,6)7)31-32-62(54(68)72-56(8,9)10)36-46(34-42-25-17-12-18-26-42)58-50(64)48(40(3)4)60-52(66)70-38-44-29-21-14-22-30-44/h11-30,39-40,45-48H,31-38H2,1-10H3,(H,57,63)(H,58,64)(H,59,65)(H,60,66)/t45-,46-,47-,48+/m0/s1. The van der Waals surface area contributed by atoms with Crippen LogP contribution < -0.4 is 21.3 Å². The molecule has 0 aliphatic carbocycles. The lowest BCUT2D eigenvalue weighted by atomic mass is 10.0. The van der Waals surface area contributed by atoms with Crippen molar-refractivity contribution in [3.8, 4) is 0 Å². The van der Waals surface area contributed by atoms with Crippen molar-refractivity contribution < 1.29 is 47.7 Å². The predicted molar refractivity (Wildman–Crippen MR) is 277 cm³/mol. The van der Waals surface area contributed by atoms with Gasteiger partial charge in [-0.05, 0) is 88.5 Å². The van der Waals surface area contributed by atoms with Crippen LogP contribution >= 0.6 is 0 Å². The topological polar surface area (TPSA) is 194 Å². The number of rotatable bonds is 23. The highest BCUT2D eigenvalue weighted by Gasteiger charge is 2.33. The molecule has 390 valence electrons. The summed E-state index contributed by atoms with van der Waals surface area (Å²) in [6.45, 7) is 17.4. The van der Waals surface area contributed by atoms with Gasteiger partial charge in [0.15, 0.2) is 0 Å². The maximum atomic E-state index is 14.3. The highest BCUT2D eigenvalue weighted by atomic mass is 16.6. The van der Waals surface area contributed by atoms with Crippen LogP contribution in [0.15, 0.2) is 121 Å². The second-order valence-electron chi connectivity index (χ2n) is 20.5. The molecule has 0 spiro atoms. The number of nitrogens with one attached hydrogen (secondary N) is 4. The van der Waals surface area contributed by atoms with Crippen molar-refractivity contribution in [2.45, 2.75) is 131 Å². The van der Waals surface area contributed by atoms with Gasteiger partial charge in [-0.3, -0.25) is 9.59 Å². The third kappa shape index (κ3) is 21.5. The Kier molecular flexibility index (Phi) is 22.4. The highest BCUT2D eigenvalue weighted by Crippen LogP contribution is 2.17. The molecule has 4 atom stereocenters. The minimum absolute atomic E-state index is 0.0158. The SMILES string of the molecule is CC(C)[C@H](NC(=O)OCc1ccccc1)C(=O)N[C@@H](Cc1ccccc1)CN(CCN(C[C@H](Cc1ccccc1)NC(=O)[C@H](NC(=O)OCc1ccccc1)C(C)C)C(=O)OC(C)(C)C)C(=O)OC(C)(C)C. The first-order valence-corrected chi connectivity index (χ1v) is 24.6. The summed E-state index contributed by atoms with van der Waals surface area (Å²) >= 11 is 0. The molecule has 0 radical (unpaired) electrons. The number of alkyl carbamates (subject to hydrolysis) is 2. The fraction of sp³-hybridized carbons (Fsp3) is 0.464. The van der Waals surface area contributed by atoms with E-state index in [1.807, 2.05) is 121 Å². The fourth-order valence-corrected chi connectivity index (χ4v) is 7.50. The van der Waals surface area contributed by atoms with E-state index in [1.54, 1.807) is 69.2 Å².